The van der Waals surface area contributed by atoms with Crippen molar-refractivity contribution in [2.45, 2.75) is 6.92 Å². The quantitative estimate of drug-likeness (QED) is 0.458. The van der Waals surface area contributed by atoms with Crippen molar-refractivity contribution < 1.29 is 24.3 Å². The average molecular weight is 492 g/mol. The molecule has 0 aliphatic carbocycles. The number of allylic oxidation sites excluding steroid dienone is 1. The molecule has 1 heterocycles. The molecule has 0 radical (unpaired) electrons. The summed E-state index contributed by atoms with van der Waals surface area (Å²) in [6.07, 6.45) is 1.76. The minimum atomic E-state index is -5.11. The molecular formula is C18H17FO5STe. The van der Waals surface area contributed by atoms with Gasteiger partial charge in [0, 0.05) is 0 Å². The molecular weight excluding hydrogens is 475 g/mol. The van der Waals surface area contributed by atoms with Crippen LogP contribution in [0, 0.1) is 0 Å². The molecule has 0 atom stereocenters. The van der Waals surface area contributed by atoms with E-state index in [1.54, 1.807) is 24.3 Å². The zero-order valence-corrected chi connectivity index (χ0v) is 17.3. The number of benzene rings is 2. The molecule has 0 spiro atoms. The van der Waals surface area contributed by atoms with Crippen LogP contribution in [0.3, 0.4) is 0 Å². The number of fused-ring (bicyclic) bond motifs is 1. The average Bonchev–Trinajstić information content (AvgIpc) is 2.63. The van der Waals surface area contributed by atoms with E-state index in [2.05, 4.69) is 0 Å². The Morgan fingerprint density at radius 3 is 2.46 bits per heavy atom. The van der Waals surface area contributed by atoms with E-state index in [1.165, 1.54) is 7.11 Å². The fourth-order valence-corrected chi connectivity index (χ4v) is 9.51. The number of halogens is 1. The molecule has 3 rings (SSSR count). The molecule has 0 bridgehead atoms. The van der Waals surface area contributed by atoms with Gasteiger partial charge in [0.2, 0.25) is 0 Å². The predicted octanol–water partition coefficient (Wildman–Crippen LogP) is 2.32. The Morgan fingerprint density at radius 1 is 1.12 bits per heavy atom. The van der Waals surface area contributed by atoms with Crippen LogP contribution in [0.2, 0.25) is 0 Å². The van der Waals surface area contributed by atoms with Gasteiger partial charge in [0.1, 0.15) is 0 Å². The molecule has 5 nitrogen and oxygen atoms in total. The summed E-state index contributed by atoms with van der Waals surface area (Å²) >= 11 is -3.27. The van der Waals surface area contributed by atoms with Crippen molar-refractivity contribution in [3.05, 3.63) is 65.7 Å². The molecule has 0 N–H and O–H groups in total. The molecule has 138 valence electrons. The molecule has 1 aliphatic rings. The molecule has 2 aromatic rings. The Labute approximate surface area is 159 Å². The van der Waals surface area contributed by atoms with E-state index in [1.807, 2.05) is 37.3 Å². The zero-order valence-electron chi connectivity index (χ0n) is 14.1. The first-order chi connectivity index (χ1) is 12.4. The third kappa shape index (κ3) is 4.15. The zero-order chi connectivity index (χ0) is 18.7. The van der Waals surface area contributed by atoms with Gasteiger partial charge in [-0.2, -0.15) is 0 Å². The number of methoxy groups -OCH3 is 1. The number of ether oxygens (including phenoxy) is 2. The van der Waals surface area contributed by atoms with Gasteiger partial charge < -0.3 is 0 Å². The minimum absolute atomic E-state index is 0.442. The third-order valence-electron chi connectivity index (χ3n) is 3.62. The van der Waals surface area contributed by atoms with Gasteiger partial charge in [0.05, 0.1) is 0 Å². The molecule has 0 saturated heterocycles. The molecule has 0 unspecified atom stereocenters. The SMILES string of the molecule is CCOC1=CC(c2ccccc2)=[Te](OS(=O)(=O)F)c2cc(OC)ccc21. The second-order valence-corrected chi connectivity index (χ2v) is 11.4. The van der Waals surface area contributed by atoms with E-state index in [0.29, 0.717) is 30.8 Å². The Morgan fingerprint density at radius 2 is 1.85 bits per heavy atom. The first kappa shape index (κ1) is 19.1. The van der Waals surface area contributed by atoms with Crippen LogP contribution >= 0.6 is 0 Å². The van der Waals surface area contributed by atoms with Crippen LogP contribution in [0.25, 0.3) is 5.76 Å². The number of rotatable bonds is 6. The van der Waals surface area contributed by atoms with Crippen molar-refractivity contribution in [2.24, 2.45) is 0 Å². The summed E-state index contributed by atoms with van der Waals surface area (Å²) in [6.45, 7) is 2.30. The van der Waals surface area contributed by atoms with Crippen LogP contribution in [-0.2, 0) is 17.8 Å². The van der Waals surface area contributed by atoms with Crippen molar-refractivity contribution in [3.8, 4) is 5.75 Å². The summed E-state index contributed by atoms with van der Waals surface area (Å²) in [5.41, 5.74) is 1.48. The van der Waals surface area contributed by atoms with E-state index in [0.717, 1.165) is 5.56 Å². The van der Waals surface area contributed by atoms with Crippen LogP contribution in [0.15, 0.2) is 54.6 Å². The van der Waals surface area contributed by atoms with Gasteiger partial charge in [0.15, 0.2) is 0 Å². The molecule has 26 heavy (non-hydrogen) atoms. The second kappa shape index (κ2) is 7.89. The monoisotopic (exact) mass is 494 g/mol. The molecule has 0 aromatic heterocycles. The molecule has 0 amide bonds. The van der Waals surface area contributed by atoms with Gasteiger partial charge >= 0.3 is 159 Å². The fraction of sp³-hybridized carbons (Fsp3) is 0.167. The summed E-state index contributed by atoms with van der Waals surface area (Å²) in [7, 11) is -3.60. The second-order valence-electron chi connectivity index (χ2n) is 5.26. The van der Waals surface area contributed by atoms with Crippen molar-refractivity contribution in [3.63, 3.8) is 0 Å². The summed E-state index contributed by atoms with van der Waals surface area (Å²) in [5, 5.41) is 0. The van der Waals surface area contributed by atoms with Gasteiger partial charge in [0.25, 0.3) is 0 Å². The summed E-state index contributed by atoms with van der Waals surface area (Å²) in [5.74, 6) is 1.14. The molecule has 8 heteroatoms. The van der Waals surface area contributed by atoms with E-state index in [-0.39, 0.29) is 0 Å². The number of hydrogen-bond donors (Lipinski definition) is 0. The number of hydrogen-bond acceptors (Lipinski definition) is 5. The van der Waals surface area contributed by atoms with E-state index >= 15 is 0 Å². The standard InChI is InChI=1S/C18H17FO5STe/c1-3-23-16-12-17(13-7-5-4-6-8-13)26(24-25(19,20)21)18-11-14(22-2)9-10-15(16)18/h4-12H,3H2,1-2H3. The van der Waals surface area contributed by atoms with Gasteiger partial charge in [-0.3, -0.25) is 0 Å². The molecule has 1 aliphatic heterocycles. The van der Waals surface area contributed by atoms with Crippen molar-refractivity contribution in [1.29, 1.82) is 0 Å². The Balaban J connectivity index is 2.32. The Bertz CT molecular complexity index is 984. The Hall–Kier alpha value is -1.72. The van der Waals surface area contributed by atoms with Crippen LogP contribution in [0.5, 0.6) is 5.75 Å². The van der Waals surface area contributed by atoms with Crippen LogP contribution in [-0.4, -0.2) is 45.2 Å². The van der Waals surface area contributed by atoms with E-state index in [4.69, 9.17) is 12.0 Å². The summed E-state index contributed by atoms with van der Waals surface area (Å²) < 4.78 is 53.3. The molecule has 2 aromatic carbocycles. The van der Waals surface area contributed by atoms with Gasteiger partial charge in [-0.15, -0.1) is 0 Å². The summed E-state index contributed by atoms with van der Waals surface area (Å²) in [6, 6.07) is 14.4. The Kier molecular flexibility index (Phi) is 5.78. The van der Waals surface area contributed by atoms with Gasteiger partial charge in [-0.1, -0.05) is 0 Å². The maximum absolute atomic E-state index is 13.5. The normalized spacial score (nSPS) is 14.6. The van der Waals surface area contributed by atoms with Crippen LogP contribution in [0.4, 0.5) is 3.89 Å². The third-order valence-corrected chi connectivity index (χ3v) is 10.7. The van der Waals surface area contributed by atoms with Gasteiger partial charge in [-0.05, 0) is 0 Å². The van der Waals surface area contributed by atoms with Gasteiger partial charge in [-0.25, -0.2) is 0 Å². The fourth-order valence-electron chi connectivity index (χ4n) is 2.58. The van der Waals surface area contributed by atoms with Crippen molar-refractivity contribution in [1.82, 2.24) is 0 Å². The van der Waals surface area contributed by atoms with Crippen LogP contribution in [0.1, 0.15) is 18.1 Å². The first-order valence-electron chi connectivity index (χ1n) is 7.77. The summed E-state index contributed by atoms with van der Waals surface area (Å²) in [4.78, 5) is 0. The topological polar surface area (TPSA) is 61.8 Å². The van der Waals surface area contributed by atoms with Crippen molar-refractivity contribution >= 4 is 42.9 Å². The van der Waals surface area contributed by atoms with E-state index in [9.17, 15) is 12.3 Å². The molecule has 0 fully saturated rings. The first-order valence-corrected chi connectivity index (χ1v) is 12.4. The van der Waals surface area contributed by atoms with E-state index < -0.39 is 30.0 Å². The predicted molar refractivity (Wildman–Crippen MR) is 99.6 cm³/mol. The van der Waals surface area contributed by atoms with Crippen LogP contribution < -0.4 is 8.35 Å². The maximum atomic E-state index is 13.5. The van der Waals surface area contributed by atoms with Crippen molar-refractivity contribution in [2.75, 3.05) is 13.7 Å². The molecule has 0 saturated carbocycles.